The topological polar surface area (TPSA) is 43.4 Å². The maximum Gasteiger partial charge on any atom is 0.311 e. The lowest BCUT2D eigenvalue weighted by atomic mass is 10.2. The molecule has 0 heterocycles. The number of hydrogen-bond acceptors (Lipinski definition) is 3. The van der Waals surface area contributed by atoms with Crippen molar-refractivity contribution in [2.45, 2.75) is 12.8 Å². The SMILES string of the molecule is [CH2]CCC(=O)Oc1ccc(Br)cc1C=O. The molecule has 1 rings (SSSR count). The minimum absolute atomic E-state index is 0.244. The van der Waals surface area contributed by atoms with Crippen molar-refractivity contribution in [3.8, 4) is 5.75 Å². The number of carbonyl (C=O) groups is 2. The smallest absolute Gasteiger partial charge is 0.311 e. The van der Waals surface area contributed by atoms with E-state index < -0.39 is 0 Å². The van der Waals surface area contributed by atoms with Crippen molar-refractivity contribution >= 4 is 28.2 Å². The highest BCUT2D eigenvalue weighted by atomic mass is 79.9. The molecule has 0 saturated carbocycles. The molecule has 0 spiro atoms. The minimum atomic E-state index is -0.379. The number of esters is 1. The van der Waals surface area contributed by atoms with Gasteiger partial charge in [0.25, 0.3) is 0 Å². The van der Waals surface area contributed by atoms with Gasteiger partial charge in [-0.1, -0.05) is 22.9 Å². The standard InChI is InChI=1S/C11H10BrO3/c1-2-3-11(14)15-10-5-4-9(12)6-8(10)7-13/h4-7H,1-3H2. The monoisotopic (exact) mass is 269 g/mol. The van der Waals surface area contributed by atoms with E-state index in [4.69, 9.17) is 4.74 Å². The first-order valence-electron chi connectivity index (χ1n) is 4.42. The van der Waals surface area contributed by atoms with E-state index in [1.165, 1.54) is 0 Å². The summed E-state index contributed by atoms with van der Waals surface area (Å²) in [5.74, 6) is -0.0953. The fraction of sp³-hybridized carbons (Fsp3) is 0.182. The van der Waals surface area contributed by atoms with Crippen LogP contribution >= 0.6 is 15.9 Å². The Morgan fingerprint density at radius 3 is 2.87 bits per heavy atom. The zero-order valence-corrected chi connectivity index (χ0v) is 9.62. The molecule has 0 aliphatic carbocycles. The molecule has 0 aromatic heterocycles. The molecule has 1 aromatic carbocycles. The van der Waals surface area contributed by atoms with Crippen molar-refractivity contribution in [3.63, 3.8) is 0 Å². The molecule has 0 aliphatic rings. The quantitative estimate of drug-likeness (QED) is 0.480. The Labute approximate surface area is 96.6 Å². The van der Waals surface area contributed by atoms with Gasteiger partial charge in [-0.2, -0.15) is 0 Å². The minimum Gasteiger partial charge on any atom is -0.426 e. The van der Waals surface area contributed by atoms with E-state index in [2.05, 4.69) is 22.9 Å². The summed E-state index contributed by atoms with van der Waals surface area (Å²) in [6.07, 6.45) is 1.37. The summed E-state index contributed by atoms with van der Waals surface area (Å²) in [7, 11) is 0. The van der Waals surface area contributed by atoms with Gasteiger partial charge < -0.3 is 4.74 Å². The van der Waals surface area contributed by atoms with Crippen LogP contribution in [0, 0.1) is 6.92 Å². The Bertz CT molecular complexity index is 374. The molecule has 0 fully saturated rings. The first kappa shape index (κ1) is 11.9. The molecule has 3 nitrogen and oxygen atoms in total. The number of rotatable bonds is 4. The first-order chi connectivity index (χ1) is 7.17. The lowest BCUT2D eigenvalue weighted by molar-refractivity contribution is -0.134. The average molecular weight is 270 g/mol. The van der Waals surface area contributed by atoms with Crippen LogP contribution in [0.3, 0.4) is 0 Å². The van der Waals surface area contributed by atoms with Gasteiger partial charge in [0.1, 0.15) is 5.75 Å². The Morgan fingerprint density at radius 1 is 1.53 bits per heavy atom. The van der Waals surface area contributed by atoms with Gasteiger partial charge >= 0.3 is 5.97 Å². The molecule has 0 N–H and O–H groups in total. The van der Waals surface area contributed by atoms with Crippen LogP contribution in [-0.2, 0) is 4.79 Å². The third kappa shape index (κ3) is 3.47. The molecular weight excluding hydrogens is 260 g/mol. The number of ether oxygens (including phenoxy) is 1. The van der Waals surface area contributed by atoms with Crippen molar-refractivity contribution < 1.29 is 14.3 Å². The molecular formula is C11H10BrO3. The molecule has 15 heavy (non-hydrogen) atoms. The summed E-state index contributed by atoms with van der Waals surface area (Å²) >= 11 is 3.22. The summed E-state index contributed by atoms with van der Waals surface area (Å²) in [6, 6.07) is 4.88. The second-order valence-electron chi connectivity index (χ2n) is 2.88. The second kappa shape index (κ2) is 5.66. The molecule has 0 atom stereocenters. The second-order valence-corrected chi connectivity index (χ2v) is 3.79. The Kier molecular flexibility index (Phi) is 4.49. The third-order valence-corrected chi connectivity index (χ3v) is 2.20. The van der Waals surface area contributed by atoms with Crippen LogP contribution in [0.2, 0.25) is 0 Å². The normalized spacial score (nSPS) is 9.73. The summed E-state index contributed by atoms with van der Waals surface area (Å²) in [6.45, 7) is 3.55. The number of halogens is 1. The van der Waals surface area contributed by atoms with E-state index in [0.717, 1.165) is 4.47 Å². The van der Waals surface area contributed by atoms with Crippen LogP contribution in [0.15, 0.2) is 22.7 Å². The predicted molar refractivity (Wildman–Crippen MR) is 59.8 cm³/mol. The molecule has 1 aromatic rings. The summed E-state index contributed by atoms with van der Waals surface area (Å²) in [5, 5.41) is 0. The maximum atomic E-state index is 11.2. The predicted octanol–water partition coefficient (Wildman–Crippen LogP) is 2.78. The highest BCUT2D eigenvalue weighted by molar-refractivity contribution is 9.10. The van der Waals surface area contributed by atoms with Gasteiger partial charge in [-0.05, 0) is 24.6 Å². The van der Waals surface area contributed by atoms with E-state index in [1.807, 2.05) is 0 Å². The zero-order chi connectivity index (χ0) is 11.3. The van der Waals surface area contributed by atoms with E-state index >= 15 is 0 Å². The highest BCUT2D eigenvalue weighted by Gasteiger charge is 2.08. The van der Waals surface area contributed by atoms with Crippen LogP contribution in [-0.4, -0.2) is 12.3 Å². The number of aldehydes is 1. The van der Waals surface area contributed by atoms with Crippen LogP contribution in [0.4, 0.5) is 0 Å². The molecule has 79 valence electrons. The van der Waals surface area contributed by atoms with Crippen molar-refractivity contribution in [2.24, 2.45) is 0 Å². The van der Waals surface area contributed by atoms with E-state index in [1.54, 1.807) is 18.2 Å². The van der Waals surface area contributed by atoms with Crippen LogP contribution < -0.4 is 4.74 Å². The molecule has 4 heteroatoms. The Hall–Kier alpha value is -1.16. The Balaban J connectivity index is 2.84. The summed E-state index contributed by atoms with van der Waals surface area (Å²) < 4.78 is 5.77. The number of carbonyl (C=O) groups excluding carboxylic acids is 2. The fourth-order valence-corrected chi connectivity index (χ4v) is 1.40. The first-order valence-corrected chi connectivity index (χ1v) is 5.21. The van der Waals surface area contributed by atoms with Crippen LogP contribution in [0.5, 0.6) is 5.75 Å². The fourth-order valence-electron chi connectivity index (χ4n) is 1.02. The molecule has 0 saturated heterocycles. The number of hydrogen-bond donors (Lipinski definition) is 0. The van der Waals surface area contributed by atoms with Gasteiger partial charge in [-0.25, -0.2) is 0 Å². The maximum absolute atomic E-state index is 11.2. The van der Waals surface area contributed by atoms with Gasteiger partial charge in [0.2, 0.25) is 0 Å². The van der Waals surface area contributed by atoms with E-state index in [0.29, 0.717) is 18.3 Å². The summed E-state index contributed by atoms with van der Waals surface area (Å²) in [4.78, 5) is 21.9. The average Bonchev–Trinajstić information content (AvgIpc) is 2.21. The molecule has 0 amide bonds. The number of benzene rings is 1. The van der Waals surface area contributed by atoms with E-state index in [9.17, 15) is 9.59 Å². The van der Waals surface area contributed by atoms with Crippen molar-refractivity contribution in [1.29, 1.82) is 0 Å². The highest BCUT2D eigenvalue weighted by Crippen LogP contribution is 2.22. The van der Waals surface area contributed by atoms with Crippen molar-refractivity contribution in [1.82, 2.24) is 0 Å². The van der Waals surface area contributed by atoms with Gasteiger partial charge in [0.05, 0.1) is 5.56 Å². The van der Waals surface area contributed by atoms with Gasteiger partial charge in [0.15, 0.2) is 6.29 Å². The molecule has 0 bridgehead atoms. The third-order valence-electron chi connectivity index (χ3n) is 1.70. The largest absolute Gasteiger partial charge is 0.426 e. The summed E-state index contributed by atoms with van der Waals surface area (Å²) in [5.41, 5.74) is 0.349. The van der Waals surface area contributed by atoms with Gasteiger partial charge in [-0.3, -0.25) is 9.59 Å². The van der Waals surface area contributed by atoms with Crippen molar-refractivity contribution in [3.05, 3.63) is 35.2 Å². The van der Waals surface area contributed by atoms with Crippen LogP contribution in [0.25, 0.3) is 0 Å². The lowest BCUT2D eigenvalue weighted by Crippen LogP contribution is -2.08. The van der Waals surface area contributed by atoms with Gasteiger partial charge in [-0.15, -0.1) is 0 Å². The molecule has 1 radical (unpaired) electrons. The van der Waals surface area contributed by atoms with Crippen LogP contribution in [0.1, 0.15) is 23.2 Å². The molecule has 0 unspecified atom stereocenters. The van der Waals surface area contributed by atoms with E-state index in [-0.39, 0.29) is 18.1 Å². The lowest BCUT2D eigenvalue weighted by Gasteiger charge is -2.05. The molecule has 0 aliphatic heterocycles. The van der Waals surface area contributed by atoms with Crippen molar-refractivity contribution in [2.75, 3.05) is 0 Å². The zero-order valence-electron chi connectivity index (χ0n) is 8.03. The Morgan fingerprint density at radius 2 is 2.27 bits per heavy atom. The van der Waals surface area contributed by atoms with Gasteiger partial charge in [0, 0.05) is 10.9 Å².